The van der Waals surface area contributed by atoms with Crippen LogP contribution in [0.5, 0.6) is 5.75 Å². The van der Waals surface area contributed by atoms with Gasteiger partial charge in [0, 0.05) is 6.07 Å². The molecule has 0 amide bonds. The van der Waals surface area contributed by atoms with Crippen LogP contribution in [0.4, 0.5) is 0 Å². The van der Waals surface area contributed by atoms with Gasteiger partial charge in [0.1, 0.15) is 17.1 Å². The summed E-state index contributed by atoms with van der Waals surface area (Å²) in [5.74, 6) is 1.27. The first-order chi connectivity index (χ1) is 10.3. The molecule has 0 atom stereocenters. The van der Waals surface area contributed by atoms with E-state index in [0.29, 0.717) is 23.3 Å². The highest BCUT2D eigenvalue weighted by Gasteiger charge is 2.11. The Morgan fingerprint density at radius 2 is 1.81 bits per heavy atom. The fraction of sp³-hybridized carbons (Fsp3) is 0.167. The quantitative estimate of drug-likeness (QED) is 0.717. The third-order valence-electron chi connectivity index (χ3n) is 3.25. The predicted molar refractivity (Wildman–Crippen MR) is 83.7 cm³/mol. The van der Waals surface area contributed by atoms with Gasteiger partial charge in [-0.25, -0.2) is 0 Å². The Labute approximate surface area is 122 Å². The number of ether oxygens (including phenoxy) is 1. The molecule has 0 spiro atoms. The van der Waals surface area contributed by atoms with Crippen LogP contribution in [0.3, 0.4) is 0 Å². The van der Waals surface area contributed by atoms with Gasteiger partial charge in [0.05, 0.1) is 17.6 Å². The molecular formula is C18H16O3. The summed E-state index contributed by atoms with van der Waals surface area (Å²) in [4.78, 5) is 12.2. The van der Waals surface area contributed by atoms with Gasteiger partial charge in [-0.05, 0) is 30.7 Å². The lowest BCUT2D eigenvalue weighted by molar-refractivity contribution is 0.318. The highest BCUT2D eigenvalue weighted by atomic mass is 16.5. The zero-order valence-corrected chi connectivity index (χ0v) is 11.8. The molecule has 0 fully saturated rings. The number of rotatable bonds is 4. The van der Waals surface area contributed by atoms with Crippen LogP contribution in [-0.2, 0) is 0 Å². The first kappa shape index (κ1) is 13.4. The van der Waals surface area contributed by atoms with Crippen LogP contribution in [-0.4, -0.2) is 6.61 Å². The molecule has 3 aromatic rings. The molecule has 3 heteroatoms. The van der Waals surface area contributed by atoms with Crippen molar-refractivity contribution in [2.24, 2.45) is 0 Å². The largest absolute Gasteiger partial charge is 0.493 e. The van der Waals surface area contributed by atoms with Crippen LogP contribution < -0.4 is 10.2 Å². The Morgan fingerprint density at radius 3 is 2.67 bits per heavy atom. The normalized spacial score (nSPS) is 10.7. The number of benzene rings is 2. The van der Waals surface area contributed by atoms with Crippen molar-refractivity contribution in [3.05, 3.63) is 64.8 Å². The van der Waals surface area contributed by atoms with E-state index >= 15 is 0 Å². The second kappa shape index (κ2) is 5.83. The third-order valence-corrected chi connectivity index (χ3v) is 3.25. The minimum Gasteiger partial charge on any atom is -0.493 e. The molecule has 1 heterocycles. The van der Waals surface area contributed by atoms with Crippen molar-refractivity contribution >= 4 is 11.0 Å². The van der Waals surface area contributed by atoms with Crippen molar-refractivity contribution in [3.63, 3.8) is 0 Å². The summed E-state index contributed by atoms with van der Waals surface area (Å²) in [6, 6.07) is 16.4. The molecule has 0 unspecified atom stereocenters. The molecule has 0 N–H and O–H groups in total. The van der Waals surface area contributed by atoms with Gasteiger partial charge in [-0.1, -0.05) is 31.2 Å². The number of fused-ring (bicyclic) bond motifs is 1. The predicted octanol–water partition coefficient (Wildman–Crippen LogP) is 4.25. The smallest absolute Gasteiger partial charge is 0.193 e. The molecule has 0 aliphatic rings. The molecular weight excluding hydrogens is 264 g/mol. The monoisotopic (exact) mass is 280 g/mol. The van der Waals surface area contributed by atoms with E-state index in [2.05, 4.69) is 6.92 Å². The van der Waals surface area contributed by atoms with Crippen LogP contribution in [0.1, 0.15) is 13.3 Å². The van der Waals surface area contributed by atoms with Crippen LogP contribution in [0.15, 0.2) is 63.8 Å². The van der Waals surface area contributed by atoms with Gasteiger partial charge >= 0.3 is 0 Å². The molecule has 0 radical (unpaired) electrons. The molecule has 0 aliphatic carbocycles. The van der Waals surface area contributed by atoms with Gasteiger partial charge in [0.15, 0.2) is 5.43 Å². The van der Waals surface area contributed by atoms with Crippen LogP contribution in [0, 0.1) is 0 Å². The average Bonchev–Trinajstić information content (AvgIpc) is 2.53. The maximum atomic E-state index is 12.2. The first-order valence-corrected chi connectivity index (χ1v) is 7.04. The lowest BCUT2D eigenvalue weighted by Crippen LogP contribution is -2.01. The minimum atomic E-state index is -0.0443. The van der Waals surface area contributed by atoms with Crippen LogP contribution >= 0.6 is 0 Å². The Bertz CT molecular complexity index is 818. The fourth-order valence-electron chi connectivity index (χ4n) is 2.24. The maximum Gasteiger partial charge on any atom is 0.193 e. The number of para-hydroxylation sites is 2. The van der Waals surface area contributed by atoms with E-state index in [9.17, 15) is 4.79 Å². The Kier molecular flexibility index (Phi) is 3.73. The van der Waals surface area contributed by atoms with Crippen LogP contribution in [0.2, 0.25) is 0 Å². The molecule has 2 aromatic carbocycles. The van der Waals surface area contributed by atoms with Gasteiger partial charge in [-0.15, -0.1) is 0 Å². The molecule has 0 saturated carbocycles. The molecule has 1 aromatic heterocycles. The molecule has 0 bridgehead atoms. The second-order valence-electron chi connectivity index (χ2n) is 4.82. The molecule has 3 rings (SSSR count). The van der Waals surface area contributed by atoms with E-state index in [-0.39, 0.29) is 5.43 Å². The van der Waals surface area contributed by atoms with E-state index in [4.69, 9.17) is 9.15 Å². The van der Waals surface area contributed by atoms with Crippen molar-refractivity contribution in [1.29, 1.82) is 0 Å². The number of hydrogen-bond acceptors (Lipinski definition) is 3. The van der Waals surface area contributed by atoms with Crippen molar-refractivity contribution in [2.45, 2.75) is 13.3 Å². The minimum absolute atomic E-state index is 0.0443. The zero-order chi connectivity index (χ0) is 14.7. The van der Waals surface area contributed by atoms with E-state index in [1.807, 2.05) is 36.4 Å². The summed E-state index contributed by atoms with van der Waals surface area (Å²) in [7, 11) is 0. The second-order valence-corrected chi connectivity index (χ2v) is 4.82. The summed E-state index contributed by atoms with van der Waals surface area (Å²) >= 11 is 0. The molecule has 0 saturated heterocycles. The van der Waals surface area contributed by atoms with Crippen molar-refractivity contribution in [2.75, 3.05) is 6.61 Å². The maximum absolute atomic E-state index is 12.2. The lowest BCUT2D eigenvalue weighted by atomic mass is 10.1. The van der Waals surface area contributed by atoms with Gasteiger partial charge in [-0.3, -0.25) is 4.79 Å². The summed E-state index contributed by atoms with van der Waals surface area (Å²) < 4.78 is 11.6. The summed E-state index contributed by atoms with van der Waals surface area (Å²) in [5, 5.41) is 0.591. The van der Waals surface area contributed by atoms with Crippen molar-refractivity contribution in [3.8, 4) is 17.1 Å². The number of hydrogen-bond donors (Lipinski definition) is 0. The topological polar surface area (TPSA) is 39.4 Å². The molecule has 21 heavy (non-hydrogen) atoms. The first-order valence-electron chi connectivity index (χ1n) is 7.04. The van der Waals surface area contributed by atoms with E-state index in [1.54, 1.807) is 12.1 Å². The van der Waals surface area contributed by atoms with Crippen molar-refractivity contribution in [1.82, 2.24) is 0 Å². The molecule has 0 aliphatic heterocycles. The Hall–Kier alpha value is -2.55. The van der Waals surface area contributed by atoms with Gasteiger partial charge in [0.2, 0.25) is 0 Å². The van der Waals surface area contributed by atoms with Crippen molar-refractivity contribution < 1.29 is 9.15 Å². The molecule has 3 nitrogen and oxygen atoms in total. The lowest BCUT2D eigenvalue weighted by Gasteiger charge is -2.10. The summed E-state index contributed by atoms with van der Waals surface area (Å²) in [5.41, 5.74) is 1.34. The summed E-state index contributed by atoms with van der Waals surface area (Å²) in [6.45, 7) is 2.69. The van der Waals surface area contributed by atoms with E-state index in [0.717, 1.165) is 17.7 Å². The summed E-state index contributed by atoms with van der Waals surface area (Å²) in [6.07, 6.45) is 0.927. The highest BCUT2D eigenvalue weighted by Crippen LogP contribution is 2.30. The third kappa shape index (κ3) is 2.68. The average molecular weight is 280 g/mol. The Morgan fingerprint density at radius 1 is 1.05 bits per heavy atom. The van der Waals surface area contributed by atoms with Gasteiger partial charge in [-0.2, -0.15) is 0 Å². The highest BCUT2D eigenvalue weighted by molar-refractivity contribution is 5.79. The van der Waals surface area contributed by atoms with E-state index < -0.39 is 0 Å². The fourth-order valence-corrected chi connectivity index (χ4v) is 2.24. The van der Waals surface area contributed by atoms with Gasteiger partial charge < -0.3 is 9.15 Å². The van der Waals surface area contributed by atoms with E-state index in [1.165, 1.54) is 6.07 Å². The van der Waals surface area contributed by atoms with Crippen LogP contribution in [0.25, 0.3) is 22.3 Å². The standard InChI is InChI=1S/C18H16O3/c1-2-11-20-16-9-5-4-8-14(16)18-12-15(19)13-7-3-6-10-17(13)21-18/h3-10,12H,2,11H2,1H3. The SMILES string of the molecule is CCCOc1ccccc1-c1cc(=O)c2ccccc2o1. The van der Waals surface area contributed by atoms with Gasteiger partial charge in [0.25, 0.3) is 0 Å². The Balaban J connectivity index is 2.14. The zero-order valence-electron chi connectivity index (χ0n) is 11.8. The molecule has 106 valence electrons.